The number of carboxylic acids is 1. The standard InChI is InChI=1S/C11H6F3NO4/c12-11(13,14)7-3-5(16)1-2-6(7)8-4-9(10(17)18)19-15-8/h1-4,16H,(H,17,18). The minimum absolute atomic E-state index is 0.273. The van der Waals surface area contributed by atoms with Crippen LogP contribution < -0.4 is 0 Å². The summed E-state index contributed by atoms with van der Waals surface area (Å²) in [7, 11) is 0. The summed E-state index contributed by atoms with van der Waals surface area (Å²) < 4.78 is 42.8. The van der Waals surface area contributed by atoms with Crippen molar-refractivity contribution in [3.8, 4) is 17.0 Å². The van der Waals surface area contributed by atoms with E-state index < -0.39 is 29.2 Å². The number of aromatic carboxylic acids is 1. The second-order valence-corrected chi connectivity index (χ2v) is 3.61. The van der Waals surface area contributed by atoms with Gasteiger partial charge in [0, 0.05) is 11.6 Å². The molecule has 0 atom stereocenters. The largest absolute Gasteiger partial charge is 0.508 e. The number of alkyl halides is 3. The van der Waals surface area contributed by atoms with Crippen LogP contribution in [0.2, 0.25) is 0 Å². The number of hydrogen-bond acceptors (Lipinski definition) is 4. The van der Waals surface area contributed by atoms with Gasteiger partial charge in [-0.3, -0.25) is 0 Å². The van der Waals surface area contributed by atoms with Crippen molar-refractivity contribution in [3.05, 3.63) is 35.6 Å². The summed E-state index contributed by atoms with van der Waals surface area (Å²) >= 11 is 0. The zero-order valence-electron chi connectivity index (χ0n) is 9.10. The highest BCUT2D eigenvalue weighted by atomic mass is 19.4. The monoisotopic (exact) mass is 273 g/mol. The molecule has 0 fully saturated rings. The smallest absolute Gasteiger partial charge is 0.417 e. The Labute approximate surface area is 103 Å². The molecule has 19 heavy (non-hydrogen) atoms. The Morgan fingerprint density at radius 2 is 1.95 bits per heavy atom. The fourth-order valence-corrected chi connectivity index (χ4v) is 1.49. The third-order valence-electron chi connectivity index (χ3n) is 2.31. The van der Waals surface area contributed by atoms with Crippen LogP contribution in [0.4, 0.5) is 13.2 Å². The van der Waals surface area contributed by atoms with Crippen molar-refractivity contribution >= 4 is 5.97 Å². The van der Waals surface area contributed by atoms with Crippen molar-refractivity contribution in [2.75, 3.05) is 0 Å². The average molecular weight is 273 g/mol. The summed E-state index contributed by atoms with van der Waals surface area (Å²) in [4.78, 5) is 10.6. The molecule has 0 aliphatic rings. The fourth-order valence-electron chi connectivity index (χ4n) is 1.49. The summed E-state index contributed by atoms with van der Waals surface area (Å²) in [6.45, 7) is 0. The Morgan fingerprint density at radius 1 is 1.26 bits per heavy atom. The number of carboxylic acid groups (broad SMARTS) is 1. The predicted octanol–water partition coefficient (Wildman–Crippen LogP) is 2.76. The molecule has 100 valence electrons. The van der Waals surface area contributed by atoms with Gasteiger partial charge < -0.3 is 14.7 Å². The number of nitrogens with zero attached hydrogens (tertiary/aromatic N) is 1. The van der Waals surface area contributed by atoms with Crippen LogP contribution in [-0.4, -0.2) is 21.3 Å². The van der Waals surface area contributed by atoms with E-state index in [1.165, 1.54) is 0 Å². The van der Waals surface area contributed by atoms with Crippen molar-refractivity contribution in [2.24, 2.45) is 0 Å². The molecule has 0 radical (unpaired) electrons. The molecule has 0 spiro atoms. The van der Waals surface area contributed by atoms with Crippen molar-refractivity contribution in [1.29, 1.82) is 0 Å². The van der Waals surface area contributed by atoms with Gasteiger partial charge >= 0.3 is 12.1 Å². The van der Waals surface area contributed by atoms with E-state index in [-0.39, 0.29) is 11.3 Å². The number of halogens is 3. The zero-order chi connectivity index (χ0) is 14.2. The van der Waals surface area contributed by atoms with Crippen LogP contribution in [0.25, 0.3) is 11.3 Å². The molecule has 1 aromatic carbocycles. The van der Waals surface area contributed by atoms with E-state index in [1.54, 1.807) is 0 Å². The number of aromatic hydroxyl groups is 1. The molecule has 5 nitrogen and oxygen atoms in total. The predicted molar refractivity (Wildman–Crippen MR) is 55.6 cm³/mol. The molecule has 0 bridgehead atoms. The van der Waals surface area contributed by atoms with Crippen LogP contribution in [-0.2, 0) is 6.18 Å². The second kappa shape index (κ2) is 4.30. The fraction of sp³-hybridized carbons (Fsp3) is 0.0909. The van der Waals surface area contributed by atoms with Crippen LogP contribution in [0.1, 0.15) is 16.1 Å². The molecule has 0 saturated carbocycles. The maximum absolute atomic E-state index is 12.8. The topological polar surface area (TPSA) is 83.6 Å². The van der Waals surface area contributed by atoms with Gasteiger partial charge in [-0.25, -0.2) is 4.79 Å². The Balaban J connectivity index is 2.58. The van der Waals surface area contributed by atoms with E-state index in [0.717, 1.165) is 18.2 Å². The van der Waals surface area contributed by atoms with Gasteiger partial charge in [-0.05, 0) is 18.2 Å². The first kappa shape index (κ1) is 12.9. The number of carbonyl (C=O) groups is 1. The van der Waals surface area contributed by atoms with E-state index in [1.807, 2.05) is 0 Å². The Kier molecular flexibility index (Phi) is 2.93. The van der Waals surface area contributed by atoms with Gasteiger partial charge in [0.15, 0.2) is 0 Å². The Bertz CT molecular complexity index is 633. The Morgan fingerprint density at radius 3 is 2.47 bits per heavy atom. The molecule has 1 heterocycles. The highest BCUT2D eigenvalue weighted by Gasteiger charge is 2.35. The molecule has 0 unspecified atom stereocenters. The lowest BCUT2D eigenvalue weighted by Gasteiger charge is -2.11. The average Bonchev–Trinajstić information content (AvgIpc) is 2.77. The lowest BCUT2D eigenvalue weighted by molar-refractivity contribution is -0.137. The Hall–Kier alpha value is -2.51. The third kappa shape index (κ3) is 2.51. The molecule has 1 aromatic heterocycles. The zero-order valence-corrected chi connectivity index (χ0v) is 9.10. The molecule has 0 amide bonds. The van der Waals surface area contributed by atoms with E-state index in [4.69, 9.17) is 10.2 Å². The number of phenolic OH excluding ortho intramolecular Hbond substituents is 1. The van der Waals surface area contributed by atoms with Gasteiger partial charge in [0.05, 0.1) is 5.56 Å². The molecular formula is C11H6F3NO4. The lowest BCUT2D eigenvalue weighted by atomic mass is 10.0. The molecule has 2 aromatic rings. The minimum atomic E-state index is -4.71. The van der Waals surface area contributed by atoms with E-state index in [0.29, 0.717) is 6.07 Å². The lowest BCUT2D eigenvalue weighted by Crippen LogP contribution is -2.07. The summed E-state index contributed by atoms with van der Waals surface area (Å²) in [6.07, 6.45) is -4.71. The van der Waals surface area contributed by atoms with Gasteiger partial charge in [0.25, 0.3) is 0 Å². The summed E-state index contributed by atoms with van der Waals surface area (Å²) in [5, 5.41) is 21.0. The molecule has 0 aliphatic heterocycles. The maximum Gasteiger partial charge on any atom is 0.417 e. The van der Waals surface area contributed by atoms with Gasteiger partial charge in [-0.2, -0.15) is 13.2 Å². The molecule has 0 aliphatic carbocycles. The van der Waals surface area contributed by atoms with Crippen molar-refractivity contribution < 1.29 is 32.7 Å². The van der Waals surface area contributed by atoms with E-state index >= 15 is 0 Å². The molecular weight excluding hydrogens is 267 g/mol. The summed E-state index contributed by atoms with van der Waals surface area (Å²) in [5.41, 5.74) is -1.77. The van der Waals surface area contributed by atoms with Gasteiger partial charge in [-0.15, -0.1) is 0 Å². The second-order valence-electron chi connectivity index (χ2n) is 3.61. The quantitative estimate of drug-likeness (QED) is 0.878. The molecule has 0 saturated heterocycles. The first-order chi connectivity index (χ1) is 8.79. The van der Waals surface area contributed by atoms with Crippen LogP contribution in [0.5, 0.6) is 5.75 Å². The SMILES string of the molecule is O=C(O)c1cc(-c2ccc(O)cc2C(F)(F)F)no1. The molecule has 2 rings (SSSR count). The van der Waals surface area contributed by atoms with Crippen molar-refractivity contribution in [3.63, 3.8) is 0 Å². The highest BCUT2D eigenvalue weighted by molar-refractivity contribution is 5.86. The van der Waals surface area contributed by atoms with Crippen LogP contribution >= 0.6 is 0 Å². The van der Waals surface area contributed by atoms with Crippen molar-refractivity contribution in [1.82, 2.24) is 5.16 Å². The van der Waals surface area contributed by atoms with Gasteiger partial charge in [-0.1, -0.05) is 5.16 Å². The number of phenols is 1. The van der Waals surface area contributed by atoms with Crippen LogP contribution in [0, 0.1) is 0 Å². The van der Waals surface area contributed by atoms with Crippen LogP contribution in [0.15, 0.2) is 28.8 Å². The maximum atomic E-state index is 12.8. The van der Waals surface area contributed by atoms with Crippen LogP contribution in [0.3, 0.4) is 0 Å². The molecule has 8 heteroatoms. The normalized spacial score (nSPS) is 11.5. The first-order valence-electron chi connectivity index (χ1n) is 4.89. The highest BCUT2D eigenvalue weighted by Crippen LogP contribution is 2.38. The van der Waals surface area contributed by atoms with Gasteiger partial charge in [0.1, 0.15) is 11.4 Å². The number of rotatable bonds is 2. The first-order valence-corrected chi connectivity index (χ1v) is 4.89. The minimum Gasteiger partial charge on any atom is -0.508 e. The summed E-state index contributed by atoms with van der Waals surface area (Å²) in [6, 6.07) is 3.44. The summed E-state index contributed by atoms with van der Waals surface area (Å²) in [5.74, 6) is -2.57. The number of benzene rings is 1. The number of hydrogen-bond donors (Lipinski definition) is 2. The molecule has 2 N–H and O–H groups in total. The van der Waals surface area contributed by atoms with E-state index in [9.17, 15) is 18.0 Å². The van der Waals surface area contributed by atoms with Crippen molar-refractivity contribution in [2.45, 2.75) is 6.18 Å². The number of aromatic nitrogens is 1. The third-order valence-corrected chi connectivity index (χ3v) is 2.31. The van der Waals surface area contributed by atoms with E-state index in [2.05, 4.69) is 9.68 Å². The van der Waals surface area contributed by atoms with Gasteiger partial charge in [0.2, 0.25) is 5.76 Å².